The highest BCUT2D eigenvalue weighted by Gasteiger charge is 2.22. The molecule has 3 heterocycles. The molecule has 4 aromatic rings. The van der Waals surface area contributed by atoms with Crippen LogP contribution < -0.4 is 0 Å². The van der Waals surface area contributed by atoms with Gasteiger partial charge in [0, 0.05) is 18.7 Å². The molecule has 0 saturated heterocycles. The zero-order valence-electron chi connectivity index (χ0n) is 15.6. The number of aromatic nitrogens is 3. The lowest BCUT2D eigenvalue weighted by Gasteiger charge is -2.16. The Bertz CT molecular complexity index is 1160. The van der Waals surface area contributed by atoms with Crippen molar-refractivity contribution in [1.29, 1.82) is 0 Å². The number of nitrogens with zero attached hydrogens (tertiary/aromatic N) is 4. The Hall–Kier alpha value is -3.55. The number of amides is 1. The highest BCUT2D eigenvalue weighted by molar-refractivity contribution is 6.06. The fourth-order valence-corrected chi connectivity index (χ4v) is 3.04. The van der Waals surface area contributed by atoms with Crippen LogP contribution in [-0.2, 0) is 6.54 Å². The van der Waals surface area contributed by atoms with E-state index in [-0.39, 0.29) is 24.0 Å². The van der Waals surface area contributed by atoms with Crippen LogP contribution >= 0.6 is 0 Å². The molecule has 0 aliphatic carbocycles. The van der Waals surface area contributed by atoms with E-state index < -0.39 is 0 Å². The molecular weight excluding hydrogens is 363 g/mol. The fraction of sp³-hybridized carbons (Fsp3) is 0.200. The van der Waals surface area contributed by atoms with Gasteiger partial charge in [0.05, 0.1) is 28.9 Å². The molecule has 0 saturated carbocycles. The molecule has 0 N–H and O–H groups in total. The Morgan fingerprint density at radius 2 is 1.86 bits per heavy atom. The topological polar surface area (TPSA) is 85.3 Å². The van der Waals surface area contributed by atoms with E-state index in [4.69, 9.17) is 9.05 Å². The molecule has 0 bridgehead atoms. The minimum absolute atomic E-state index is 0.234. The van der Waals surface area contributed by atoms with Gasteiger partial charge in [-0.15, -0.1) is 0 Å². The van der Waals surface area contributed by atoms with E-state index in [0.29, 0.717) is 39.4 Å². The highest BCUT2D eigenvalue weighted by Crippen LogP contribution is 2.28. The van der Waals surface area contributed by atoms with Gasteiger partial charge in [-0.1, -0.05) is 10.3 Å². The molecule has 0 aliphatic heterocycles. The van der Waals surface area contributed by atoms with Crippen molar-refractivity contribution in [2.75, 3.05) is 7.05 Å². The molecule has 0 fully saturated rings. The van der Waals surface area contributed by atoms with Gasteiger partial charge in [-0.2, -0.15) is 0 Å². The van der Waals surface area contributed by atoms with E-state index >= 15 is 0 Å². The fourth-order valence-electron chi connectivity index (χ4n) is 3.04. The van der Waals surface area contributed by atoms with E-state index in [1.165, 1.54) is 17.0 Å². The number of hydrogen-bond acceptors (Lipinski definition) is 6. The SMILES string of the molecule is Cc1cc(CN(C)C(=O)c2cc(-c3ccc(F)cc3)nc3onc(C)c23)no1. The summed E-state index contributed by atoms with van der Waals surface area (Å²) in [6.45, 7) is 3.83. The second-order valence-corrected chi connectivity index (χ2v) is 6.60. The minimum atomic E-state index is -0.348. The van der Waals surface area contributed by atoms with Crippen LogP contribution in [-0.4, -0.2) is 33.2 Å². The summed E-state index contributed by atoms with van der Waals surface area (Å²) in [6, 6.07) is 9.33. The zero-order valence-corrected chi connectivity index (χ0v) is 15.6. The lowest BCUT2D eigenvalue weighted by molar-refractivity contribution is 0.0784. The average Bonchev–Trinajstić information content (AvgIpc) is 3.26. The number of rotatable bonds is 4. The van der Waals surface area contributed by atoms with Crippen molar-refractivity contribution in [2.24, 2.45) is 0 Å². The van der Waals surface area contributed by atoms with Gasteiger partial charge in [-0.25, -0.2) is 9.37 Å². The first kappa shape index (κ1) is 17.8. The summed E-state index contributed by atoms with van der Waals surface area (Å²) in [5.74, 6) is 0.0950. The van der Waals surface area contributed by atoms with Crippen molar-refractivity contribution in [3.05, 3.63) is 64.9 Å². The van der Waals surface area contributed by atoms with Crippen LogP contribution in [0.15, 0.2) is 45.4 Å². The molecular formula is C20H17FN4O3. The lowest BCUT2D eigenvalue weighted by Crippen LogP contribution is -2.26. The predicted octanol–water partition coefficient (Wildman–Crippen LogP) is 3.91. The van der Waals surface area contributed by atoms with Crippen LogP contribution in [0, 0.1) is 19.7 Å². The Kier molecular flexibility index (Phi) is 4.38. The van der Waals surface area contributed by atoms with Crippen LogP contribution in [0.25, 0.3) is 22.4 Å². The van der Waals surface area contributed by atoms with Gasteiger partial charge in [0.2, 0.25) is 0 Å². The summed E-state index contributed by atoms with van der Waals surface area (Å²) in [7, 11) is 1.68. The molecule has 1 aromatic carbocycles. The number of carbonyl (C=O) groups is 1. The third-order valence-corrected chi connectivity index (χ3v) is 4.41. The summed E-state index contributed by atoms with van der Waals surface area (Å²) in [6.07, 6.45) is 0. The number of benzene rings is 1. The molecule has 0 spiro atoms. The maximum Gasteiger partial charge on any atom is 0.259 e. The quantitative estimate of drug-likeness (QED) is 0.534. The van der Waals surface area contributed by atoms with E-state index in [0.717, 1.165) is 0 Å². The Morgan fingerprint density at radius 3 is 2.54 bits per heavy atom. The third-order valence-electron chi connectivity index (χ3n) is 4.41. The number of carbonyl (C=O) groups excluding carboxylic acids is 1. The Balaban J connectivity index is 1.76. The van der Waals surface area contributed by atoms with Gasteiger partial charge in [0.15, 0.2) is 0 Å². The number of hydrogen-bond donors (Lipinski definition) is 0. The molecule has 7 nitrogen and oxygen atoms in total. The van der Waals surface area contributed by atoms with E-state index in [1.54, 1.807) is 45.2 Å². The summed E-state index contributed by atoms with van der Waals surface area (Å²) in [5, 5.41) is 8.42. The lowest BCUT2D eigenvalue weighted by atomic mass is 10.0. The van der Waals surface area contributed by atoms with Gasteiger partial charge in [-0.3, -0.25) is 4.79 Å². The maximum absolute atomic E-state index is 13.3. The van der Waals surface area contributed by atoms with Gasteiger partial charge in [0.1, 0.15) is 17.3 Å². The summed E-state index contributed by atoms with van der Waals surface area (Å²) >= 11 is 0. The highest BCUT2D eigenvalue weighted by atomic mass is 19.1. The average molecular weight is 380 g/mol. The second kappa shape index (κ2) is 6.88. The molecule has 3 aromatic heterocycles. The van der Waals surface area contributed by atoms with Gasteiger partial charge >= 0.3 is 0 Å². The van der Waals surface area contributed by atoms with Crippen LogP contribution in [0.4, 0.5) is 4.39 Å². The molecule has 8 heteroatoms. The van der Waals surface area contributed by atoms with Crippen molar-refractivity contribution in [3.63, 3.8) is 0 Å². The van der Waals surface area contributed by atoms with Crippen LogP contribution in [0.1, 0.15) is 27.5 Å². The van der Waals surface area contributed by atoms with Crippen molar-refractivity contribution >= 4 is 17.0 Å². The van der Waals surface area contributed by atoms with Crippen LogP contribution in [0.2, 0.25) is 0 Å². The number of halogens is 1. The van der Waals surface area contributed by atoms with Crippen molar-refractivity contribution in [1.82, 2.24) is 20.2 Å². The Labute approximate surface area is 159 Å². The summed E-state index contributed by atoms with van der Waals surface area (Å²) in [5.41, 5.74) is 3.06. The van der Waals surface area contributed by atoms with E-state index in [2.05, 4.69) is 15.3 Å². The van der Waals surface area contributed by atoms with Gasteiger partial charge in [0.25, 0.3) is 11.6 Å². The summed E-state index contributed by atoms with van der Waals surface area (Å²) in [4.78, 5) is 19.1. The molecule has 0 aliphatic rings. The van der Waals surface area contributed by atoms with Crippen LogP contribution in [0.3, 0.4) is 0 Å². The molecule has 142 valence electrons. The van der Waals surface area contributed by atoms with Crippen LogP contribution in [0.5, 0.6) is 0 Å². The molecule has 0 atom stereocenters. The maximum atomic E-state index is 13.3. The predicted molar refractivity (Wildman–Crippen MR) is 99.0 cm³/mol. The number of aryl methyl sites for hydroxylation is 2. The van der Waals surface area contributed by atoms with Gasteiger partial charge < -0.3 is 13.9 Å². The third kappa shape index (κ3) is 3.24. The second-order valence-electron chi connectivity index (χ2n) is 6.60. The van der Waals surface area contributed by atoms with Crippen molar-refractivity contribution in [3.8, 4) is 11.3 Å². The number of pyridine rings is 1. The molecule has 1 amide bonds. The van der Waals surface area contributed by atoms with E-state index in [9.17, 15) is 9.18 Å². The minimum Gasteiger partial charge on any atom is -0.361 e. The van der Waals surface area contributed by atoms with E-state index in [1.807, 2.05) is 0 Å². The normalized spacial score (nSPS) is 11.1. The van der Waals surface area contributed by atoms with Crippen molar-refractivity contribution < 1.29 is 18.2 Å². The molecule has 28 heavy (non-hydrogen) atoms. The Morgan fingerprint density at radius 1 is 1.11 bits per heavy atom. The monoisotopic (exact) mass is 380 g/mol. The standard InChI is InChI=1S/C20H17FN4O3/c1-11-8-15(24-27-11)10-25(3)20(26)16-9-17(13-4-6-14(21)7-5-13)22-19-18(16)12(2)23-28-19/h4-9H,10H2,1-3H3. The van der Waals surface area contributed by atoms with Crippen molar-refractivity contribution in [2.45, 2.75) is 20.4 Å². The number of fused-ring (bicyclic) bond motifs is 1. The summed E-state index contributed by atoms with van der Waals surface area (Å²) < 4.78 is 23.6. The first-order valence-corrected chi connectivity index (χ1v) is 8.63. The largest absolute Gasteiger partial charge is 0.361 e. The first-order chi connectivity index (χ1) is 13.4. The zero-order chi connectivity index (χ0) is 19.8. The molecule has 0 radical (unpaired) electrons. The molecule has 0 unspecified atom stereocenters. The smallest absolute Gasteiger partial charge is 0.259 e. The van der Waals surface area contributed by atoms with Gasteiger partial charge in [-0.05, 0) is 44.2 Å². The first-order valence-electron chi connectivity index (χ1n) is 8.63. The molecule has 4 rings (SSSR count).